The van der Waals surface area contributed by atoms with Gasteiger partial charge < -0.3 is 16.0 Å². The Hall–Kier alpha value is -0.840. The van der Waals surface area contributed by atoms with Crippen molar-refractivity contribution >= 4 is 23.2 Å². The minimum atomic E-state index is -0.0223. The van der Waals surface area contributed by atoms with Crippen LogP contribution >= 0.6 is 12.2 Å². The maximum Gasteiger partial charge on any atom is 0.317 e. The summed E-state index contributed by atoms with van der Waals surface area (Å²) in [6.45, 7) is 0.591. The standard InChI is InChI=1S/C9H17N3OS/c1-12(6-5-8(10)14)9(13)11-7-3-2-4-7/h7H,2-6H2,1H3,(H2,10,14)(H,11,13). The molecular formula is C9H17N3OS. The van der Waals surface area contributed by atoms with Gasteiger partial charge in [-0.05, 0) is 19.3 Å². The first-order chi connectivity index (χ1) is 6.59. The van der Waals surface area contributed by atoms with Crippen LogP contribution in [-0.2, 0) is 0 Å². The minimum Gasteiger partial charge on any atom is -0.393 e. The van der Waals surface area contributed by atoms with E-state index in [0.29, 0.717) is 24.0 Å². The third-order valence-electron chi connectivity index (χ3n) is 2.47. The van der Waals surface area contributed by atoms with E-state index >= 15 is 0 Å². The maximum atomic E-state index is 11.5. The molecule has 2 amide bonds. The molecule has 0 saturated heterocycles. The molecule has 1 aliphatic carbocycles. The van der Waals surface area contributed by atoms with Crippen LogP contribution in [0.5, 0.6) is 0 Å². The number of nitrogens with zero attached hydrogens (tertiary/aromatic N) is 1. The summed E-state index contributed by atoms with van der Waals surface area (Å²) < 4.78 is 0. The molecule has 0 aromatic heterocycles. The fourth-order valence-electron chi connectivity index (χ4n) is 1.22. The second kappa shape index (κ2) is 5.14. The largest absolute Gasteiger partial charge is 0.393 e. The fraction of sp³-hybridized carbons (Fsp3) is 0.778. The van der Waals surface area contributed by atoms with E-state index in [-0.39, 0.29) is 6.03 Å². The Morgan fingerprint density at radius 2 is 2.29 bits per heavy atom. The number of nitrogens with two attached hydrogens (primary N) is 1. The quantitative estimate of drug-likeness (QED) is 0.684. The Bertz CT molecular complexity index is 228. The number of rotatable bonds is 4. The molecule has 1 fully saturated rings. The molecule has 0 aromatic rings. The maximum absolute atomic E-state index is 11.5. The highest BCUT2D eigenvalue weighted by atomic mass is 32.1. The number of hydrogen-bond donors (Lipinski definition) is 2. The molecule has 0 unspecified atom stereocenters. The molecule has 1 aliphatic rings. The van der Waals surface area contributed by atoms with E-state index in [2.05, 4.69) is 5.32 Å². The lowest BCUT2D eigenvalue weighted by molar-refractivity contribution is 0.198. The van der Waals surface area contributed by atoms with Gasteiger partial charge in [0, 0.05) is 26.1 Å². The molecule has 4 nitrogen and oxygen atoms in total. The van der Waals surface area contributed by atoms with Crippen LogP contribution < -0.4 is 11.1 Å². The average Bonchev–Trinajstić information content (AvgIpc) is 2.06. The van der Waals surface area contributed by atoms with Crippen molar-refractivity contribution in [3.8, 4) is 0 Å². The second-order valence-corrected chi connectivity index (χ2v) is 4.24. The molecule has 3 N–H and O–H groups in total. The van der Waals surface area contributed by atoms with Crippen molar-refractivity contribution in [3.63, 3.8) is 0 Å². The van der Waals surface area contributed by atoms with Gasteiger partial charge in [-0.25, -0.2) is 4.79 Å². The van der Waals surface area contributed by atoms with Crippen molar-refractivity contribution in [3.05, 3.63) is 0 Å². The summed E-state index contributed by atoms with van der Waals surface area (Å²) in [6, 6.07) is 0.362. The smallest absolute Gasteiger partial charge is 0.317 e. The van der Waals surface area contributed by atoms with Crippen LogP contribution in [0.25, 0.3) is 0 Å². The highest BCUT2D eigenvalue weighted by Crippen LogP contribution is 2.17. The molecule has 0 heterocycles. The summed E-state index contributed by atoms with van der Waals surface area (Å²) in [5.74, 6) is 0. The van der Waals surface area contributed by atoms with Crippen LogP contribution in [0.4, 0.5) is 4.79 Å². The summed E-state index contributed by atoms with van der Waals surface area (Å²) in [7, 11) is 1.76. The summed E-state index contributed by atoms with van der Waals surface area (Å²) >= 11 is 4.74. The van der Waals surface area contributed by atoms with E-state index in [1.165, 1.54) is 6.42 Å². The Morgan fingerprint density at radius 1 is 1.64 bits per heavy atom. The highest BCUT2D eigenvalue weighted by Gasteiger charge is 2.20. The van der Waals surface area contributed by atoms with E-state index in [1.54, 1.807) is 11.9 Å². The third-order valence-corrected chi connectivity index (χ3v) is 2.68. The van der Waals surface area contributed by atoms with Crippen molar-refractivity contribution < 1.29 is 4.79 Å². The molecular weight excluding hydrogens is 198 g/mol. The van der Waals surface area contributed by atoms with Gasteiger partial charge in [-0.1, -0.05) is 12.2 Å². The van der Waals surface area contributed by atoms with E-state index in [4.69, 9.17) is 18.0 Å². The Morgan fingerprint density at radius 3 is 2.71 bits per heavy atom. The lowest BCUT2D eigenvalue weighted by Gasteiger charge is -2.29. The van der Waals surface area contributed by atoms with Gasteiger partial charge in [0.1, 0.15) is 0 Å². The van der Waals surface area contributed by atoms with Gasteiger partial charge in [-0.3, -0.25) is 0 Å². The number of hydrogen-bond acceptors (Lipinski definition) is 2. The first-order valence-corrected chi connectivity index (χ1v) is 5.30. The zero-order valence-corrected chi connectivity index (χ0v) is 9.27. The monoisotopic (exact) mass is 215 g/mol. The first-order valence-electron chi connectivity index (χ1n) is 4.89. The van der Waals surface area contributed by atoms with Gasteiger partial charge in [0.15, 0.2) is 0 Å². The van der Waals surface area contributed by atoms with Gasteiger partial charge in [0.05, 0.1) is 4.99 Å². The molecule has 5 heteroatoms. The molecule has 0 aliphatic heterocycles. The van der Waals surface area contributed by atoms with Crippen molar-refractivity contribution in [2.45, 2.75) is 31.7 Å². The molecule has 0 bridgehead atoms. The minimum absolute atomic E-state index is 0.0223. The van der Waals surface area contributed by atoms with E-state index < -0.39 is 0 Å². The summed E-state index contributed by atoms with van der Waals surface area (Å²) in [5.41, 5.74) is 5.35. The molecule has 1 saturated carbocycles. The SMILES string of the molecule is CN(CCC(N)=S)C(=O)NC1CCC1. The number of carbonyl (C=O) groups excluding carboxylic acids is 1. The van der Waals surface area contributed by atoms with Gasteiger partial charge in [0.2, 0.25) is 0 Å². The predicted octanol–water partition coefficient (Wildman–Crippen LogP) is 0.857. The molecule has 0 aromatic carbocycles. The van der Waals surface area contributed by atoms with Crippen LogP contribution in [0.3, 0.4) is 0 Å². The predicted molar refractivity (Wildman–Crippen MR) is 60.2 cm³/mol. The summed E-state index contributed by atoms with van der Waals surface area (Å²) in [4.78, 5) is 13.6. The van der Waals surface area contributed by atoms with E-state index in [0.717, 1.165) is 12.8 Å². The molecule has 1 rings (SSSR count). The summed E-state index contributed by atoms with van der Waals surface area (Å²) in [5, 5.41) is 2.94. The zero-order valence-electron chi connectivity index (χ0n) is 8.45. The van der Waals surface area contributed by atoms with Crippen LogP contribution in [0.15, 0.2) is 0 Å². The Labute approximate surface area is 89.8 Å². The van der Waals surface area contributed by atoms with E-state index in [9.17, 15) is 4.79 Å². The van der Waals surface area contributed by atoms with Crippen LogP contribution in [-0.4, -0.2) is 35.6 Å². The van der Waals surface area contributed by atoms with Crippen LogP contribution in [0.2, 0.25) is 0 Å². The molecule has 0 atom stereocenters. The van der Waals surface area contributed by atoms with Gasteiger partial charge in [0.25, 0.3) is 0 Å². The molecule has 0 spiro atoms. The highest BCUT2D eigenvalue weighted by molar-refractivity contribution is 7.80. The second-order valence-electron chi connectivity index (χ2n) is 3.72. The Kier molecular flexibility index (Phi) is 4.13. The number of nitrogens with one attached hydrogen (secondary N) is 1. The topological polar surface area (TPSA) is 58.4 Å². The van der Waals surface area contributed by atoms with Crippen molar-refractivity contribution in [2.24, 2.45) is 5.73 Å². The lowest BCUT2D eigenvalue weighted by atomic mass is 9.93. The van der Waals surface area contributed by atoms with Gasteiger partial charge >= 0.3 is 6.03 Å². The van der Waals surface area contributed by atoms with Crippen molar-refractivity contribution in [1.29, 1.82) is 0 Å². The first kappa shape index (κ1) is 11.2. The lowest BCUT2D eigenvalue weighted by Crippen LogP contribution is -2.46. The van der Waals surface area contributed by atoms with Crippen molar-refractivity contribution in [1.82, 2.24) is 10.2 Å². The van der Waals surface area contributed by atoms with Crippen molar-refractivity contribution in [2.75, 3.05) is 13.6 Å². The number of thiocarbonyl (C=S) groups is 1. The fourth-order valence-corrected chi connectivity index (χ4v) is 1.31. The normalized spacial score (nSPS) is 15.8. The number of carbonyl (C=O) groups is 1. The van der Waals surface area contributed by atoms with Crippen LogP contribution in [0.1, 0.15) is 25.7 Å². The van der Waals surface area contributed by atoms with Gasteiger partial charge in [-0.15, -0.1) is 0 Å². The average molecular weight is 215 g/mol. The van der Waals surface area contributed by atoms with E-state index in [1.807, 2.05) is 0 Å². The summed E-state index contributed by atoms with van der Waals surface area (Å²) in [6.07, 6.45) is 4.02. The number of amides is 2. The van der Waals surface area contributed by atoms with Crippen LogP contribution in [0, 0.1) is 0 Å². The zero-order chi connectivity index (χ0) is 10.6. The molecule has 14 heavy (non-hydrogen) atoms. The molecule has 0 radical (unpaired) electrons. The number of urea groups is 1. The molecule has 80 valence electrons. The third kappa shape index (κ3) is 3.49. The Balaban J connectivity index is 2.17. The van der Waals surface area contributed by atoms with Gasteiger partial charge in [-0.2, -0.15) is 0 Å².